The maximum atomic E-state index is 12.8. The van der Waals surface area contributed by atoms with Gasteiger partial charge in [0.2, 0.25) is 11.8 Å². The molecule has 1 aromatic carbocycles. The Hall–Kier alpha value is -3.23. The van der Waals surface area contributed by atoms with E-state index in [9.17, 15) is 24.0 Å². The van der Waals surface area contributed by atoms with E-state index in [1.54, 1.807) is 26.2 Å². The van der Waals surface area contributed by atoms with Gasteiger partial charge in [-0.25, -0.2) is 4.79 Å². The number of amides is 6. The number of carbonyl (C=O) groups is 5. The van der Waals surface area contributed by atoms with E-state index in [0.717, 1.165) is 4.90 Å². The number of piperidine rings is 1. The van der Waals surface area contributed by atoms with Crippen LogP contribution < -0.4 is 10.6 Å². The van der Waals surface area contributed by atoms with Gasteiger partial charge in [0, 0.05) is 27.1 Å². The topological polar surface area (TPSA) is 116 Å². The summed E-state index contributed by atoms with van der Waals surface area (Å²) in [4.78, 5) is 62.9. The molecule has 6 amide bonds. The van der Waals surface area contributed by atoms with Crippen molar-refractivity contribution in [3.63, 3.8) is 0 Å². The third kappa shape index (κ3) is 2.92. The van der Waals surface area contributed by atoms with Crippen LogP contribution in [0.4, 0.5) is 4.79 Å². The predicted octanol–water partition coefficient (Wildman–Crippen LogP) is -0.141. The minimum atomic E-state index is -1.01. The molecule has 0 bridgehead atoms. The Morgan fingerprint density at radius 2 is 1.96 bits per heavy atom. The summed E-state index contributed by atoms with van der Waals surface area (Å²) < 4.78 is 0. The number of rotatable bonds is 3. The molecule has 1 aromatic rings. The van der Waals surface area contributed by atoms with Crippen molar-refractivity contribution in [2.75, 3.05) is 14.1 Å². The van der Waals surface area contributed by atoms with Gasteiger partial charge in [0.1, 0.15) is 6.04 Å². The van der Waals surface area contributed by atoms with Gasteiger partial charge in [0.15, 0.2) is 0 Å². The highest BCUT2D eigenvalue weighted by atomic mass is 16.2. The lowest BCUT2D eigenvalue weighted by Crippen LogP contribution is -2.54. The third-order valence-corrected chi connectivity index (χ3v) is 4.39. The van der Waals surface area contributed by atoms with Crippen LogP contribution in [0.15, 0.2) is 18.2 Å². The van der Waals surface area contributed by atoms with Crippen LogP contribution in [0.25, 0.3) is 0 Å². The highest BCUT2D eigenvalue weighted by molar-refractivity contribution is 6.24. The lowest BCUT2D eigenvalue weighted by molar-refractivity contribution is -0.136. The Balaban J connectivity index is 1.88. The molecule has 3 rings (SSSR count). The molecule has 1 atom stereocenters. The number of hydrogen-bond acceptors (Lipinski definition) is 5. The number of carbonyl (C=O) groups excluding carboxylic acids is 5. The van der Waals surface area contributed by atoms with Gasteiger partial charge in [-0.05, 0) is 18.1 Å². The van der Waals surface area contributed by atoms with Crippen LogP contribution in [-0.2, 0) is 16.1 Å². The molecule has 0 saturated carbocycles. The zero-order valence-electron chi connectivity index (χ0n) is 14.4. The molecule has 0 radical (unpaired) electrons. The van der Waals surface area contributed by atoms with Crippen LogP contribution in [0.2, 0.25) is 0 Å². The van der Waals surface area contributed by atoms with Gasteiger partial charge < -0.3 is 10.2 Å². The molecular weight excluding hydrogens is 340 g/mol. The van der Waals surface area contributed by atoms with Gasteiger partial charge in [-0.1, -0.05) is 12.1 Å². The fourth-order valence-electron chi connectivity index (χ4n) is 3.06. The third-order valence-electron chi connectivity index (χ3n) is 4.39. The fraction of sp³-hybridized carbons (Fsp3) is 0.353. The van der Waals surface area contributed by atoms with E-state index >= 15 is 0 Å². The van der Waals surface area contributed by atoms with Crippen LogP contribution in [0.1, 0.15) is 39.1 Å². The minimum absolute atomic E-state index is 0.0650. The molecule has 2 heterocycles. The summed E-state index contributed by atoms with van der Waals surface area (Å²) in [5.41, 5.74) is 0.864. The molecule has 1 saturated heterocycles. The van der Waals surface area contributed by atoms with Crippen molar-refractivity contribution < 1.29 is 24.0 Å². The van der Waals surface area contributed by atoms with Gasteiger partial charge in [0.05, 0.1) is 11.1 Å². The second kappa shape index (κ2) is 6.58. The number of nitrogens with one attached hydrogen (secondary N) is 2. The molecule has 0 aliphatic carbocycles. The average Bonchev–Trinajstić information content (AvgIpc) is 2.85. The average molecular weight is 358 g/mol. The summed E-state index contributed by atoms with van der Waals surface area (Å²) in [5, 5.41) is 4.81. The number of hydrogen-bond donors (Lipinski definition) is 2. The van der Waals surface area contributed by atoms with Gasteiger partial charge in [-0.2, -0.15) is 0 Å². The largest absolute Gasteiger partial charge is 0.334 e. The summed E-state index contributed by atoms with van der Waals surface area (Å²) in [6.07, 6.45) is 0.165. The van der Waals surface area contributed by atoms with Crippen molar-refractivity contribution in [1.29, 1.82) is 0 Å². The van der Waals surface area contributed by atoms with Gasteiger partial charge >= 0.3 is 6.03 Å². The summed E-state index contributed by atoms with van der Waals surface area (Å²) >= 11 is 0. The van der Waals surface area contributed by atoms with E-state index in [-0.39, 0.29) is 36.5 Å². The molecule has 2 N–H and O–H groups in total. The molecule has 2 aliphatic rings. The van der Waals surface area contributed by atoms with E-state index < -0.39 is 29.7 Å². The minimum Gasteiger partial charge on any atom is -0.334 e. The van der Waals surface area contributed by atoms with E-state index in [0.29, 0.717) is 5.56 Å². The first-order chi connectivity index (χ1) is 12.3. The highest BCUT2D eigenvalue weighted by Crippen LogP contribution is 2.29. The van der Waals surface area contributed by atoms with Gasteiger partial charge in [-0.15, -0.1) is 0 Å². The highest BCUT2D eigenvalue weighted by Gasteiger charge is 2.45. The number of fused-ring (bicyclic) bond motifs is 1. The number of imide groups is 2. The Bertz CT molecular complexity index is 832. The molecule has 26 heavy (non-hydrogen) atoms. The Labute approximate surface area is 149 Å². The van der Waals surface area contributed by atoms with Crippen LogP contribution in [-0.4, -0.2) is 59.6 Å². The van der Waals surface area contributed by atoms with Crippen molar-refractivity contribution in [3.05, 3.63) is 34.9 Å². The molecular formula is C17H18N4O5. The van der Waals surface area contributed by atoms with E-state index in [2.05, 4.69) is 10.6 Å². The molecule has 1 fully saturated rings. The second-order valence-electron chi connectivity index (χ2n) is 6.34. The van der Waals surface area contributed by atoms with Crippen molar-refractivity contribution in [2.24, 2.45) is 0 Å². The molecule has 9 heteroatoms. The van der Waals surface area contributed by atoms with Crippen molar-refractivity contribution in [3.8, 4) is 0 Å². The monoisotopic (exact) mass is 358 g/mol. The standard InChI is InChI=1S/C17H18N4O5/c1-20(2)17(26)18-8-9-4-3-5-10-13(9)16(25)21(15(10)24)11-6-7-12(22)19-14(11)23/h3-5,11H,6-8H2,1-2H3,(H,18,26)(H,19,22,23). The number of urea groups is 1. The number of nitrogens with zero attached hydrogens (tertiary/aromatic N) is 2. The zero-order valence-corrected chi connectivity index (χ0v) is 14.4. The molecule has 1 unspecified atom stereocenters. The van der Waals surface area contributed by atoms with E-state index in [4.69, 9.17) is 0 Å². The maximum Gasteiger partial charge on any atom is 0.317 e. The zero-order chi connectivity index (χ0) is 19.0. The lowest BCUT2D eigenvalue weighted by Gasteiger charge is -2.27. The fourth-order valence-corrected chi connectivity index (χ4v) is 3.06. The Kier molecular flexibility index (Phi) is 4.45. The summed E-state index contributed by atoms with van der Waals surface area (Å²) in [6, 6.07) is 3.44. The molecule has 0 spiro atoms. The van der Waals surface area contributed by atoms with Crippen molar-refractivity contribution in [1.82, 2.24) is 20.4 Å². The first-order valence-electron chi connectivity index (χ1n) is 8.10. The van der Waals surface area contributed by atoms with Crippen LogP contribution in [0.5, 0.6) is 0 Å². The molecule has 2 aliphatic heterocycles. The van der Waals surface area contributed by atoms with Gasteiger partial charge in [-0.3, -0.25) is 29.4 Å². The quantitative estimate of drug-likeness (QED) is 0.730. The Morgan fingerprint density at radius 3 is 2.62 bits per heavy atom. The summed E-state index contributed by atoms with van der Waals surface area (Å²) in [5.74, 6) is -2.23. The normalized spacial score (nSPS) is 19.3. The smallest absolute Gasteiger partial charge is 0.317 e. The van der Waals surface area contributed by atoms with E-state index in [1.165, 1.54) is 11.0 Å². The molecule has 0 aromatic heterocycles. The first-order valence-corrected chi connectivity index (χ1v) is 8.10. The van der Waals surface area contributed by atoms with Crippen LogP contribution in [0, 0.1) is 0 Å². The lowest BCUT2D eigenvalue weighted by atomic mass is 10.0. The van der Waals surface area contributed by atoms with Gasteiger partial charge in [0.25, 0.3) is 11.8 Å². The first kappa shape index (κ1) is 17.6. The van der Waals surface area contributed by atoms with Crippen LogP contribution >= 0.6 is 0 Å². The summed E-state index contributed by atoms with van der Waals surface area (Å²) in [6.45, 7) is 0.0718. The Morgan fingerprint density at radius 1 is 1.23 bits per heavy atom. The summed E-state index contributed by atoms with van der Waals surface area (Å²) in [7, 11) is 3.17. The maximum absolute atomic E-state index is 12.8. The van der Waals surface area contributed by atoms with Crippen molar-refractivity contribution >= 4 is 29.7 Å². The SMILES string of the molecule is CN(C)C(=O)NCc1cccc2c1C(=O)N(C1CCC(=O)NC1=O)C2=O. The van der Waals surface area contributed by atoms with E-state index in [1.807, 2.05) is 0 Å². The van der Waals surface area contributed by atoms with Crippen molar-refractivity contribution in [2.45, 2.75) is 25.4 Å². The number of benzene rings is 1. The predicted molar refractivity (Wildman–Crippen MR) is 89.0 cm³/mol. The van der Waals surface area contributed by atoms with Crippen LogP contribution in [0.3, 0.4) is 0 Å². The molecule has 136 valence electrons. The second-order valence-corrected chi connectivity index (χ2v) is 6.34. The molecule has 9 nitrogen and oxygen atoms in total.